The Morgan fingerprint density at radius 3 is 2.19 bits per heavy atom. The molecule has 0 spiro atoms. The fourth-order valence-corrected chi connectivity index (χ4v) is 3.18. The van der Waals surface area contributed by atoms with Crippen molar-refractivity contribution >= 4 is 11.6 Å². The molecule has 0 atom stereocenters. The number of H-pyrrole nitrogens is 1. The van der Waals surface area contributed by atoms with Crippen LogP contribution in [0.2, 0.25) is 0 Å². The van der Waals surface area contributed by atoms with E-state index < -0.39 is 0 Å². The van der Waals surface area contributed by atoms with Crippen LogP contribution in [0.4, 0.5) is 5.69 Å². The van der Waals surface area contributed by atoms with Gasteiger partial charge < -0.3 is 10.3 Å². The van der Waals surface area contributed by atoms with Gasteiger partial charge in [0.25, 0.3) is 5.56 Å². The smallest absolute Gasteiger partial charge is 0.254 e. The molecule has 5 nitrogen and oxygen atoms in total. The second-order valence-electron chi connectivity index (χ2n) is 7.38. The summed E-state index contributed by atoms with van der Waals surface area (Å²) in [7, 11) is 0. The number of anilines is 1. The van der Waals surface area contributed by atoms with Crippen LogP contribution < -0.4 is 10.9 Å². The van der Waals surface area contributed by atoms with E-state index >= 15 is 0 Å². The summed E-state index contributed by atoms with van der Waals surface area (Å²) < 4.78 is 0. The monoisotopic (exact) mass is 355 g/mol. The Kier molecular flexibility index (Phi) is 6.35. The van der Waals surface area contributed by atoms with Gasteiger partial charge in [-0.2, -0.15) is 0 Å². The van der Waals surface area contributed by atoms with Crippen LogP contribution in [0.1, 0.15) is 74.2 Å². The molecule has 0 saturated heterocycles. The van der Waals surface area contributed by atoms with Gasteiger partial charge >= 0.3 is 0 Å². The van der Waals surface area contributed by atoms with Gasteiger partial charge in [-0.3, -0.25) is 9.59 Å². The quantitative estimate of drug-likeness (QED) is 0.815. The number of para-hydroxylation sites is 1. The van der Waals surface area contributed by atoms with Gasteiger partial charge in [0.05, 0.1) is 0 Å². The van der Waals surface area contributed by atoms with E-state index in [-0.39, 0.29) is 17.9 Å². The van der Waals surface area contributed by atoms with Gasteiger partial charge in [0.15, 0.2) is 0 Å². The zero-order valence-electron chi connectivity index (χ0n) is 16.6. The van der Waals surface area contributed by atoms with Crippen molar-refractivity contribution in [3.63, 3.8) is 0 Å². The van der Waals surface area contributed by atoms with Gasteiger partial charge in [-0.05, 0) is 43.2 Å². The Hall–Kier alpha value is -2.43. The van der Waals surface area contributed by atoms with Crippen LogP contribution in [-0.4, -0.2) is 15.9 Å². The van der Waals surface area contributed by atoms with E-state index in [1.807, 2.05) is 6.07 Å². The number of nitrogens with one attached hydrogen (secondary N) is 2. The van der Waals surface area contributed by atoms with Gasteiger partial charge in [-0.15, -0.1) is 0 Å². The lowest BCUT2D eigenvalue weighted by Crippen LogP contribution is -2.21. The minimum Gasteiger partial charge on any atom is -0.326 e. The molecule has 2 N–H and O–H groups in total. The van der Waals surface area contributed by atoms with E-state index in [0.717, 1.165) is 16.8 Å². The molecular formula is C21H29N3O2. The number of hydrogen-bond acceptors (Lipinski definition) is 3. The molecule has 1 heterocycles. The van der Waals surface area contributed by atoms with E-state index in [1.165, 1.54) is 0 Å². The number of carbonyl (C=O) groups excluding carboxylic acids is 1. The molecule has 140 valence electrons. The molecule has 0 saturated carbocycles. The van der Waals surface area contributed by atoms with Gasteiger partial charge in [0.2, 0.25) is 5.91 Å². The lowest BCUT2D eigenvalue weighted by Gasteiger charge is -2.20. The number of carbonyl (C=O) groups is 1. The first-order valence-electron chi connectivity index (χ1n) is 9.19. The average molecular weight is 355 g/mol. The van der Waals surface area contributed by atoms with Crippen molar-refractivity contribution in [2.75, 3.05) is 5.32 Å². The molecule has 0 aliphatic heterocycles. The fourth-order valence-electron chi connectivity index (χ4n) is 3.18. The van der Waals surface area contributed by atoms with Crippen LogP contribution in [-0.2, 0) is 11.2 Å². The van der Waals surface area contributed by atoms with Crippen LogP contribution in [0.3, 0.4) is 0 Å². The van der Waals surface area contributed by atoms with Crippen molar-refractivity contribution in [2.45, 2.75) is 66.2 Å². The highest BCUT2D eigenvalue weighted by atomic mass is 16.1. The highest BCUT2D eigenvalue weighted by Gasteiger charge is 2.16. The second-order valence-corrected chi connectivity index (χ2v) is 7.38. The van der Waals surface area contributed by atoms with Gasteiger partial charge in [-0.1, -0.05) is 45.9 Å². The largest absolute Gasteiger partial charge is 0.326 e. The number of rotatable bonds is 6. The number of aromatic nitrogens is 2. The molecule has 0 radical (unpaired) electrons. The number of benzene rings is 1. The average Bonchev–Trinajstić information content (AvgIpc) is 2.53. The maximum Gasteiger partial charge on any atom is 0.254 e. The van der Waals surface area contributed by atoms with Crippen molar-refractivity contribution in [2.24, 2.45) is 0 Å². The molecule has 5 heteroatoms. The Labute approximate surface area is 155 Å². The first-order chi connectivity index (χ1) is 12.2. The third-order valence-corrected chi connectivity index (χ3v) is 4.58. The summed E-state index contributed by atoms with van der Waals surface area (Å²) in [6.07, 6.45) is 0.625. The van der Waals surface area contributed by atoms with Crippen molar-refractivity contribution in [3.05, 3.63) is 56.8 Å². The van der Waals surface area contributed by atoms with Crippen molar-refractivity contribution in [1.29, 1.82) is 0 Å². The van der Waals surface area contributed by atoms with Gasteiger partial charge in [0.1, 0.15) is 5.82 Å². The first-order valence-corrected chi connectivity index (χ1v) is 9.19. The minimum atomic E-state index is -0.159. The molecule has 1 amide bonds. The lowest BCUT2D eigenvalue weighted by atomic mass is 9.92. The molecular weight excluding hydrogens is 326 g/mol. The predicted molar refractivity (Wildman–Crippen MR) is 106 cm³/mol. The lowest BCUT2D eigenvalue weighted by molar-refractivity contribution is -0.116. The maximum atomic E-state index is 12.6. The SMILES string of the molecule is Cc1nc(C)c(CCC(=O)Nc2c(C(C)C)cccc2C(C)C)c(=O)[nH]1. The fraction of sp³-hybridized carbons (Fsp3) is 0.476. The van der Waals surface area contributed by atoms with Gasteiger partial charge in [0, 0.05) is 23.4 Å². The van der Waals surface area contributed by atoms with E-state index in [9.17, 15) is 9.59 Å². The maximum absolute atomic E-state index is 12.6. The summed E-state index contributed by atoms with van der Waals surface area (Å²) >= 11 is 0. The summed E-state index contributed by atoms with van der Waals surface area (Å²) in [5, 5.41) is 3.09. The second kappa shape index (κ2) is 8.30. The first kappa shape index (κ1) is 19.9. The van der Waals surface area contributed by atoms with Crippen LogP contribution in [0.25, 0.3) is 0 Å². The van der Waals surface area contributed by atoms with Crippen LogP contribution in [0.5, 0.6) is 0 Å². The van der Waals surface area contributed by atoms with E-state index in [0.29, 0.717) is 35.3 Å². The topological polar surface area (TPSA) is 74.8 Å². The van der Waals surface area contributed by atoms with E-state index in [1.54, 1.807) is 13.8 Å². The Morgan fingerprint density at radius 1 is 1.12 bits per heavy atom. The Balaban J connectivity index is 2.20. The Morgan fingerprint density at radius 2 is 1.69 bits per heavy atom. The molecule has 0 unspecified atom stereocenters. The number of hydrogen-bond donors (Lipinski definition) is 2. The molecule has 2 rings (SSSR count). The predicted octanol–water partition coefficient (Wildman–Crippen LogP) is 4.20. The minimum absolute atomic E-state index is 0.0839. The highest BCUT2D eigenvalue weighted by Crippen LogP contribution is 2.32. The number of amides is 1. The molecule has 0 bridgehead atoms. The van der Waals surface area contributed by atoms with Crippen molar-refractivity contribution < 1.29 is 4.79 Å². The normalized spacial score (nSPS) is 11.2. The van der Waals surface area contributed by atoms with Crippen LogP contribution >= 0.6 is 0 Å². The molecule has 2 aromatic rings. The summed E-state index contributed by atoms with van der Waals surface area (Å²) in [4.78, 5) is 31.7. The summed E-state index contributed by atoms with van der Waals surface area (Å²) in [6, 6.07) is 6.16. The zero-order chi connectivity index (χ0) is 19.4. The molecule has 0 aliphatic carbocycles. The standard InChI is InChI=1S/C21H29N3O2/c1-12(2)16-8-7-9-17(13(3)4)20(16)24-19(25)11-10-18-14(5)22-15(6)23-21(18)26/h7-9,12-13H,10-11H2,1-6H3,(H,24,25)(H,22,23,26). The summed E-state index contributed by atoms with van der Waals surface area (Å²) in [6.45, 7) is 12.0. The number of aryl methyl sites for hydroxylation is 2. The Bertz CT molecular complexity index is 825. The number of aromatic amines is 1. The van der Waals surface area contributed by atoms with Crippen molar-refractivity contribution in [1.82, 2.24) is 9.97 Å². The van der Waals surface area contributed by atoms with E-state index in [2.05, 4.69) is 55.1 Å². The summed E-state index contributed by atoms with van der Waals surface area (Å²) in [5.74, 6) is 1.14. The van der Waals surface area contributed by atoms with E-state index in [4.69, 9.17) is 0 Å². The number of nitrogens with zero attached hydrogens (tertiary/aromatic N) is 1. The van der Waals surface area contributed by atoms with Crippen molar-refractivity contribution in [3.8, 4) is 0 Å². The highest BCUT2D eigenvalue weighted by molar-refractivity contribution is 5.92. The molecule has 1 aromatic carbocycles. The van der Waals surface area contributed by atoms with Gasteiger partial charge in [-0.25, -0.2) is 4.98 Å². The van der Waals surface area contributed by atoms with Crippen LogP contribution in [0.15, 0.2) is 23.0 Å². The molecule has 1 aromatic heterocycles. The third-order valence-electron chi connectivity index (χ3n) is 4.58. The molecule has 26 heavy (non-hydrogen) atoms. The molecule has 0 aliphatic rings. The third kappa shape index (κ3) is 4.59. The zero-order valence-corrected chi connectivity index (χ0v) is 16.6. The van der Waals surface area contributed by atoms with Crippen LogP contribution in [0, 0.1) is 13.8 Å². The summed E-state index contributed by atoms with van der Waals surface area (Å²) in [5.41, 5.74) is 4.28. The molecule has 0 fully saturated rings.